The Morgan fingerprint density at radius 3 is 2.75 bits per heavy atom. The van der Waals surface area contributed by atoms with Crippen LogP contribution in [-0.4, -0.2) is 27.3 Å². The topological polar surface area (TPSA) is 101 Å². The van der Waals surface area contributed by atoms with Gasteiger partial charge in [0.25, 0.3) is 5.91 Å². The van der Waals surface area contributed by atoms with Crippen LogP contribution in [0.15, 0.2) is 36.9 Å². The van der Waals surface area contributed by atoms with Crippen molar-refractivity contribution in [3.05, 3.63) is 64.3 Å². The van der Waals surface area contributed by atoms with E-state index < -0.39 is 22.7 Å². The molecule has 1 amide bonds. The number of hydrogen-bond acceptors (Lipinski definition) is 6. The fraction of sp³-hybridized carbons (Fsp3) is 0.235. The van der Waals surface area contributed by atoms with E-state index in [4.69, 9.17) is 23.2 Å². The third kappa shape index (κ3) is 3.73. The summed E-state index contributed by atoms with van der Waals surface area (Å²) in [4.78, 5) is 22.5. The molecule has 1 aromatic carbocycles. The molecule has 11 heteroatoms. The molecule has 0 saturated carbocycles. The Balaban J connectivity index is 1.89. The maximum absolute atomic E-state index is 13.1. The molecule has 2 aromatic rings. The van der Waals surface area contributed by atoms with Gasteiger partial charge in [-0.2, -0.15) is 13.2 Å². The van der Waals surface area contributed by atoms with Crippen molar-refractivity contribution in [2.45, 2.75) is 19.1 Å². The molecule has 0 fully saturated rings. The van der Waals surface area contributed by atoms with Gasteiger partial charge < -0.3 is 10.6 Å². The average molecular weight is 413 g/mol. The predicted molar refractivity (Wildman–Crippen MR) is 96.9 cm³/mol. The van der Waals surface area contributed by atoms with Gasteiger partial charge in [-0.3, -0.25) is 9.80 Å². The molecule has 0 radical (unpaired) electrons. The van der Waals surface area contributed by atoms with E-state index in [1.54, 1.807) is 0 Å². The summed E-state index contributed by atoms with van der Waals surface area (Å²) in [7, 11) is 0. The number of hydrogen-bond donors (Lipinski definition) is 2. The highest BCUT2D eigenvalue weighted by molar-refractivity contribution is 6.34. The van der Waals surface area contributed by atoms with Crippen LogP contribution < -0.4 is 16.6 Å². The van der Waals surface area contributed by atoms with Crippen molar-refractivity contribution in [1.29, 1.82) is 0 Å². The van der Waals surface area contributed by atoms with E-state index in [-0.39, 0.29) is 18.7 Å². The number of benzene rings is 1. The Bertz CT molecular complexity index is 934. The fourth-order valence-electron chi connectivity index (χ4n) is 2.98. The van der Waals surface area contributed by atoms with Gasteiger partial charge in [0.05, 0.1) is 28.4 Å². The average Bonchev–Trinajstić information content (AvgIpc) is 2.66. The molecule has 4 N–H and O–H groups in total. The smallest absolute Gasteiger partial charge is 0.403 e. The third-order valence-corrected chi connectivity index (χ3v) is 4.70. The molecule has 0 aliphatic carbocycles. The van der Waals surface area contributed by atoms with E-state index in [0.29, 0.717) is 17.9 Å². The highest BCUT2D eigenvalue weighted by atomic mass is 35.5. The number of nitrogens with two attached hydrogens (primary N) is 2. The first kappa shape index (κ1) is 19.9. The Morgan fingerprint density at radius 2 is 2.07 bits per heavy atom. The van der Waals surface area contributed by atoms with Gasteiger partial charge in [0.2, 0.25) is 0 Å². The van der Waals surface area contributed by atoms with Gasteiger partial charge in [-0.05, 0) is 18.6 Å². The molecule has 148 valence electrons. The lowest BCUT2D eigenvalue weighted by atomic mass is 10.0. The summed E-state index contributed by atoms with van der Waals surface area (Å²) in [5.41, 5.74) is 5.37. The molecule has 1 aromatic heterocycles. The molecular weight excluding hydrogens is 397 g/mol. The molecule has 3 rings (SSSR count). The van der Waals surface area contributed by atoms with Gasteiger partial charge in [-0.25, -0.2) is 15.8 Å². The van der Waals surface area contributed by atoms with Crippen molar-refractivity contribution in [2.75, 3.05) is 11.6 Å². The highest BCUT2D eigenvalue weighted by Gasteiger charge is 2.35. The fourth-order valence-corrected chi connectivity index (χ4v) is 3.30. The van der Waals surface area contributed by atoms with Gasteiger partial charge in [-0.15, -0.1) is 0 Å². The number of carbonyl (C=O) groups excluding carboxylic acids is 1. The Morgan fingerprint density at radius 1 is 1.32 bits per heavy atom. The van der Waals surface area contributed by atoms with E-state index in [9.17, 15) is 18.0 Å². The SMILES string of the molecule is N/C=C\N(N)c1ncnc2c1CCN(C(=O)c1cccc(C(F)(F)F)c1Cl)C2. The normalized spacial score (nSPS) is 14.2. The minimum atomic E-state index is -4.65. The molecular formula is C17H16ClF3N6O. The predicted octanol–water partition coefficient (Wildman–Crippen LogP) is 2.46. The Labute approximate surface area is 163 Å². The standard InChI is InChI=1S/C17H16ClF3N6O/c18-14-11(2-1-3-12(14)17(19,20)21)16(28)26-6-4-10-13(8-26)24-9-25-15(10)27(23)7-5-22/h1-3,5,7,9H,4,6,8,22-23H2/b7-5-. The summed E-state index contributed by atoms with van der Waals surface area (Å²) in [6, 6.07) is 3.27. The molecule has 0 spiro atoms. The highest BCUT2D eigenvalue weighted by Crippen LogP contribution is 2.37. The summed E-state index contributed by atoms with van der Waals surface area (Å²) in [5.74, 6) is 5.70. The maximum Gasteiger partial charge on any atom is 0.417 e. The second-order valence-electron chi connectivity index (χ2n) is 6.01. The van der Waals surface area contributed by atoms with Crippen molar-refractivity contribution in [3.8, 4) is 0 Å². The molecule has 1 aliphatic heterocycles. The minimum absolute atomic E-state index is 0.0937. The van der Waals surface area contributed by atoms with Crippen LogP contribution in [-0.2, 0) is 19.1 Å². The van der Waals surface area contributed by atoms with Gasteiger partial charge in [0.1, 0.15) is 6.33 Å². The van der Waals surface area contributed by atoms with Crippen molar-refractivity contribution < 1.29 is 18.0 Å². The number of alkyl halides is 3. The summed E-state index contributed by atoms with van der Waals surface area (Å²) < 4.78 is 39.2. The van der Waals surface area contributed by atoms with E-state index in [0.717, 1.165) is 17.7 Å². The van der Waals surface area contributed by atoms with Crippen LogP contribution in [0.3, 0.4) is 0 Å². The number of rotatable bonds is 3. The lowest BCUT2D eigenvalue weighted by Crippen LogP contribution is -2.38. The molecule has 0 bridgehead atoms. The first-order valence-electron chi connectivity index (χ1n) is 8.14. The number of fused-ring (bicyclic) bond motifs is 1. The number of amides is 1. The van der Waals surface area contributed by atoms with Crippen LogP contribution in [0.1, 0.15) is 27.2 Å². The summed E-state index contributed by atoms with van der Waals surface area (Å²) >= 11 is 5.87. The molecule has 0 atom stereocenters. The van der Waals surface area contributed by atoms with Gasteiger partial charge in [0, 0.05) is 24.5 Å². The van der Waals surface area contributed by atoms with E-state index in [1.165, 1.54) is 34.7 Å². The Hall–Kier alpha value is -2.85. The second kappa shape index (κ2) is 7.64. The number of carbonyl (C=O) groups is 1. The zero-order chi connectivity index (χ0) is 20.5. The molecule has 0 unspecified atom stereocenters. The number of aromatic nitrogens is 2. The summed E-state index contributed by atoms with van der Waals surface area (Å²) in [5, 5.41) is 0.622. The lowest BCUT2D eigenvalue weighted by Gasteiger charge is -2.30. The van der Waals surface area contributed by atoms with E-state index in [1.807, 2.05) is 0 Å². The number of nitrogens with zero attached hydrogens (tertiary/aromatic N) is 4. The molecule has 28 heavy (non-hydrogen) atoms. The summed E-state index contributed by atoms with van der Waals surface area (Å²) in [6.45, 7) is 0.343. The molecule has 1 aliphatic rings. The monoisotopic (exact) mass is 412 g/mol. The maximum atomic E-state index is 13.1. The first-order chi connectivity index (χ1) is 13.2. The number of hydrazine groups is 1. The van der Waals surface area contributed by atoms with Crippen LogP contribution in [0.5, 0.6) is 0 Å². The molecule has 0 saturated heterocycles. The largest absolute Gasteiger partial charge is 0.417 e. The second-order valence-corrected chi connectivity index (χ2v) is 6.39. The van der Waals surface area contributed by atoms with E-state index >= 15 is 0 Å². The molecule has 2 heterocycles. The van der Waals surface area contributed by atoms with Crippen molar-refractivity contribution in [1.82, 2.24) is 14.9 Å². The van der Waals surface area contributed by atoms with Crippen LogP contribution >= 0.6 is 11.6 Å². The van der Waals surface area contributed by atoms with Gasteiger partial charge >= 0.3 is 6.18 Å². The number of halogens is 4. The van der Waals surface area contributed by atoms with Gasteiger partial charge in [0.15, 0.2) is 5.82 Å². The van der Waals surface area contributed by atoms with Crippen LogP contribution in [0.2, 0.25) is 5.02 Å². The van der Waals surface area contributed by atoms with E-state index in [2.05, 4.69) is 9.97 Å². The van der Waals surface area contributed by atoms with Crippen LogP contribution in [0, 0.1) is 0 Å². The van der Waals surface area contributed by atoms with Crippen LogP contribution in [0.25, 0.3) is 0 Å². The summed E-state index contributed by atoms with van der Waals surface area (Å²) in [6.07, 6.45) is -0.306. The third-order valence-electron chi connectivity index (χ3n) is 4.30. The quantitative estimate of drug-likeness (QED) is 0.593. The number of anilines is 1. The van der Waals surface area contributed by atoms with Crippen molar-refractivity contribution >= 4 is 23.3 Å². The lowest BCUT2D eigenvalue weighted by molar-refractivity contribution is -0.137. The molecule has 7 nitrogen and oxygen atoms in total. The van der Waals surface area contributed by atoms with Crippen LogP contribution in [0.4, 0.5) is 19.0 Å². The minimum Gasteiger partial charge on any atom is -0.403 e. The Kier molecular flexibility index (Phi) is 5.43. The zero-order valence-corrected chi connectivity index (χ0v) is 15.2. The zero-order valence-electron chi connectivity index (χ0n) is 14.4. The van der Waals surface area contributed by atoms with Gasteiger partial charge in [-0.1, -0.05) is 17.7 Å². The van der Waals surface area contributed by atoms with Crippen molar-refractivity contribution in [3.63, 3.8) is 0 Å². The first-order valence-corrected chi connectivity index (χ1v) is 8.52. The van der Waals surface area contributed by atoms with Crippen molar-refractivity contribution in [2.24, 2.45) is 11.6 Å².